The van der Waals surface area contributed by atoms with Crippen LogP contribution in [0.4, 0.5) is 5.69 Å². The number of aliphatic carboxylic acids is 1. The summed E-state index contributed by atoms with van der Waals surface area (Å²) in [5, 5.41) is 11.3. The van der Waals surface area contributed by atoms with Crippen molar-refractivity contribution in [2.45, 2.75) is 6.92 Å². The maximum absolute atomic E-state index is 11.8. The van der Waals surface area contributed by atoms with E-state index in [1.807, 2.05) is 0 Å². The summed E-state index contributed by atoms with van der Waals surface area (Å²) < 4.78 is 9.89. The molecule has 0 atom stereocenters. The van der Waals surface area contributed by atoms with Crippen molar-refractivity contribution < 1.29 is 23.8 Å². The Morgan fingerprint density at radius 1 is 1.35 bits per heavy atom. The maximum atomic E-state index is 11.8. The minimum absolute atomic E-state index is 0.277. The first-order valence-corrected chi connectivity index (χ1v) is 5.85. The van der Waals surface area contributed by atoms with Crippen molar-refractivity contribution in [2.75, 3.05) is 11.9 Å². The lowest BCUT2D eigenvalue weighted by Crippen LogP contribution is -2.12. The van der Waals surface area contributed by atoms with E-state index in [9.17, 15) is 9.59 Å². The Morgan fingerprint density at radius 2 is 2.15 bits per heavy atom. The molecule has 0 fully saturated rings. The molecule has 1 aromatic heterocycles. The average molecular weight is 275 g/mol. The van der Waals surface area contributed by atoms with Gasteiger partial charge in [0.2, 0.25) is 0 Å². The van der Waals surface area contributed by atoms with Crippen LogP contribution >= 0.6 is 0 Å². The fourth-order valence-electron chi connectivity index (χ4n) is 1.60. The van der Waals surface area contributed by atoms with Crippen molar-refractivity contribution in [1.82, 2.24) is 0 Å². The zero-order valence-corrected chi connectivity index (χ0v) is 10.8. The summed E-state index contributed by atoms with van der Waals surface area (Å²) in [6.07, 6.45) is 2.78. The van der Waals surface area contributed by atoms with Crippen molar-refractivity contribution in [3.63, 3.8) is 0 Å². The quantitative estimate of drug-likeness (QED) is 0.874. The monoisotopic (exact) mass is 275 g/mol. The minimum Gasteiger partial charge on any atom is -0.482 e. The van der Waals surface area contributed by atoms with Gasteiger partial charge in [0.25, 0.3) is 5.91 Å². The number of aryl methyl sites for hydroxylation is 1. The molecule has 1 aromatic carbocycles. The van der Waals surface area contributed by atoms with Gasteiger partial charge in [-0.25, -0.2) is 4.79 Å². The lowest BCUT2D eigenvalue weighted by molar-refractivity contribution is -0.139. The Labute approximate surface area is 115 Å². The van der Waals surface area contributed by atoms with E-state index in [1.54, 1.807) is 31.2 Å². The van der Waals surface area contributed by atoms with Gasteiger partial charge in [-0.2, -0.15) is 0 Å². The van der Waals surface area contributed by atoms with E-state index in [-0.39, 0.29) is 5.91 Å². The van der Waals surface area contributed by atoms with E-state index in [4.69, 9.17) is 14.3 Å². The highest BCUT2D eigenvalue weighted by Gasteiger charge is 2.09. The lowest BCUT2D eigenvalue weighted by atomic mass is 10.2. The molecule has 0 unspecified atom stereocenters. The summed E-state index contributed by atoms with van der Waals surface area (Å²) in [6.45, 7) is 1.39. The molecule has 20 heavy (non-hydrogen) atoms. The number of furan rings is 1. The Balaban J connectivity index is 2.06. The van der Waals surface area contributed by atoms with Gasteiger partial charge in [0, 0.05) is 5.69 Å². The van der Waals surface area contributed by atoms with Gasteiger partial charge in [0.1, 0.15) is 12.0 Å². The van der Waals surface area contributed by atoms with Crippen molar-refractivity contribution >= 4 is 17.6 Å². The summed E-state index contributed by atoms with van der Waals surface area (Å²) in [7, 11) is 0. The molecule has 0 aliphatic carbocycles. The molecular weight excluding hydrogens is 262 g/mol. The number of hydrogen-bond donors (Lipinski definition) is 2. The van der Waals surface area contributed by atoms with Gasteiger partial charge in [-0.3, -0.25) is 4.79 Å². The third-order valence-electron chi connectivity index (χ3n) is 2.59. The number of carboxylic acids is 1. The predicted octanol–water partition coefficient (Wildman–Crippen LogP) is 2.30. The number of carboxylic acid groups (broad SMARTS) is 1. The molecule has 0 bridgehead atoms. The van der Waals surface area contributed by atoms with Crippen LogP contribution in [0.3, 0.4) is 0 Å². The third-order valence-corrected chi connectivity index (χ3v) is 2.59. The van der Waals surface area contributed by atoms with Crippen molar-refractivity contribution in [1.29, 1.82) is 0 Å². The van der Waals surface area contributed by atoms with Crippen LogP contribution in [0.25, 0.3) is 0 Å². The highest BCUT2D eigenvalue weighted by atomic mass is 16.5. The van der Waals surface area contributed by atoms with Crippen molar-refractivity contribution in [3.8, 4) is 5.75 Å². The molecule has 0 aliphatic rings. The fraction of sp³-hybridized carbons (Fsp3) is 0.143. The normalized spacial score (nSPS) is 10.1. The maximum Gasteiger partial charge on any atom is 0.341 e. The molecule has 104 valence electrons. The largest absolute Gasteiger partial charge is 0.482 e. The number of benzene rings is 1. The van der Waals surface area contributed by atoms with Crippen molar-refractivity contribution in [3.05, 3.63) is 47.9 Å². The molecule has 2 rings (SSSR count). The second-order valence-corrected chi connectivity index (χ2v) is 4.13. The van der Waals surface area contributed by atoms with Crippen LogP contribution in [0, 0.1) is 6.92 Å². The van der Waals surface area contributed by atoms with E-state index >= 15 is 0 Å². The molecule has 6 nitrogen and oxygen atoms in total. The van der Waals surface area contributed by atoms with Crippen LogP contribution in [0.15, 0.2) is 41.2 Å². The Morgan fingerprint density at radius 3 is 2.75 bits per heavy atom. The van der Waals surface area contributed by atoms with Gasteiger partial charge < -0.3 is 19.6 Å². The highest BCUT2D eigenvalue weighted by Crippen LogP contribution is 2.22. The molecule has 1 amide bonds. The summed E-state index contributed by atoms with van der Waals surface area (Å²) in [5.74, 6) is -0.882. The second kappa shape index (κ2) is 5.92. The van der Waals surface area contributed by atoms with Crippen LogP contribution in [0.1, 0.15) is 15.9 Å². The van der Waals surface area contributed by atoms with Crippen LogP contribution in [-0.2, 0) is 4.79 Å². The molecule has 6 heteroatoms. The van der Waals surface area contributed by atoms with Crippen LogP contribution in [0.2, 0.25) is 0 Å². The summed E-state index contributed by atoms with van der Waals surface area (Å²) in [5.41, 5.74) is 1.82. The minimum atomic E-state index is -1.04. The predicted molar refractivity (Wildman–Crippen MR) is 71.0 cm³/mol. The smallest absolute Gasteiger partial charge is 0.341 e. The zero-order chi connectivity index (χ0) is 14.5. The zero-order valence-electron chi connectivity index (χ0n) is 10.8. The van der Waals surface area contributed by atoms with Gasteiger partial charge >= 0.3 is 5.97 Å². The summed E-state index contributed by atoms with van der Waals surface area (Å²) in [6, 6.07) is 6.48. The molecule has 0 saturated carbocycles. The molecule has 0 saturated heterocycles. The molecular formula is C14H13NO5. The Hall–Kier alpha value is -2.76. The van der Waals surface area contributed by atoms with Gasteiger partial charge in [-0.15, -0.1) is 0 Å². The van der Waals surface area contributed by atoms with E-state index in [0.29, 0.717) is 17.0 Å². The number of carbonyl (C=O) groups is 2. The van der Waals surface area contributed by atoms with E-state index < -0.39 is 12.6 Å². The van der Waals surface area contributed by atoms with Crippen LogP contribution < -0.4 is 10.1 Å². The van der Waals surface area contributed by atoms with Crippen LogP contribution in [0.5, 0.6) is 5.75 Å². The molecule has 2 N–H and O–H groups in total. The lowest BCUT2D eigenvalue weighted by Gasteiger charge is -2.10. The number of anilines is 1. The van der Waals surface area contributed by atoms with Crippen LogP contribution in [-0.4, -0.2) is 23.6 Å². The number of ether oxygens (including phenoxy) is 1. The number of rotatable bonds is 5. The molecule has 0 aliphatic heterocycles. The van der Waals surface area contributed by atoms with Gasteiger partial charge in [-0.05, 0) is 36.8 Å². The number of nitrogens with one attached hydrogen (secondary N) is 1. The standard InChI is InChI=1S/C14H13NO5/c1-9-6-11(20-8-13(16)17)2-3-12(9)15-14(18)10-4-5-19-7-10/h2-7H,8H2,1H3,(H,15,18)(H,16,17). The van der Waals surface area contributed by atoms with Gasteiger partial charge in [0.15, 0.2) is 6.61 Å². The fourth-order valence-corrected chi connectivity index (χ4v) is 1.60. The highest BCUT2D eigenvalue weighted by molar-refractivity contribution is 6.04. The first-order chi connectivity index (χ1) is 9.56. The van der Waals surface area contributed by atoms with E-state index in [1.165, 1.54) is 12.5 Å². The Bertz CT molecular complexity index is 618. The molecule has 2 aromatic rings. The molecule has 0 radical (unpaired) electrons. The Kier molecular flexibility index (Phi) is 4.05. The second-order valence-electron chi connectivity index (χ2n) is 4.13. The number of hydrogen-bond acceptors (Lipinski definition) is 4. The first-order valence-electron chi connectivity index (χ1n) is 5.85. The molecule has 0 spiro atoms. The topological polar surface area (TPSA) is 88.8 Å². The number of amides is 1. The van der Waals surface area contributed by atoms with E-state index in [2.05, 4.69) is 5.32 Å². The number of carbonyl (C=O) groups excluding carboxylic acids is 1. The third kappa shape index (κ3) is 3.38. The SMILES string of the molecule is Cc1cc(OCC(=O)O)ccc1NC(=O)c1ccoc1. The first kappa shape index (κ1) is 13.7. The van der Waals surface area contributed by atoms with E-state index in [0.717, 1.165) is 5.56 Å². The molecule has 1 heterocycles. The average Bonchev–Trinajstić information content (AvgIpc) is 2.93. The van der Waals surface area contributed by atoms with Crippen molar-refractivity contribution in [2.24, 2.45) is 0 Å². The summed E-state index contributed by atoms with van der Waals surface area (Å²) in [4.78, 5) is 22.3. The summed E-state index contributed by atoms with van der Waals surface area (Å²) >= 11 is 0. The van der Waals surface area contributed by atoms with Gasteiger partial charge in [0.05, 0.1) is 11.8 Å². The van der Waals surface area contributed by atoms with Gasteiger partial charge in [-0.1, -0.05) is 0 Å².